The Labute approximate surface area is 157 Å². The van der Waals surface area contributed by atoms with Crippen LogP contribution >= 0.6 is 0 Å². The number of nitrogens with zero attached hydrogens (tertiary/aromatic N) is 2. The summed E-state index contributed by atoms with van der Waals surface area (Å²) >= 11 is 0. The molecule has 5 heteroatoms. The van der Waals surface area contributed by atoms with Gasteiger partial charge in [0.25, 0.3) is 0 Å². The van der Waals surface area contributed by atoms with Crippen LogP contribution in [0.4, 0.5) is 10.5 Å². The maximum Gasteiger partial charge on any atom is 0.407 e. The van der Waals surface area contributed by atoms with Crippen molar-refractivity contribution in [3.05, 3.63) is 29.8 Å². The van der Waals surface area contributed by atoms with Gasteiger partial charge >= 0.3 is 6.09 Å². The Balaban J connectivity index is 1.53. The Bertz CT molecular complexity index is 621. The number of hydrogen-bond acceptors (Lipinski definition) is 4. The smallest absolute Gasteiger partial charge is 0.407 e. The first-order valence-corrected chi connectivity index (χ1v) is 9.69. The molecule has 2 fully saturated rings. The van der Waals surface area contributed by atoms with Crippen LogP contribution in [0, 0.1) is 11.8 Å². The number of rotatable bonds is 4. The number of likely N-dealkylation sites (tertiary alicyclic amines) is 1. The highest BCUT2D eigenvalue weighted by Crippen LogP contribution is 2.38. The maximum atomic E-state index is 12.1. The van der Waals surface area contributed by atoms with Crippen molar-refractivity contribution in [1.82, 2.24) is 10.2 Å². The van der Waals surface area contributed by atoms with Gasteiger partial charge in [0.2, 0.25) is 0 Å². The number of fused-ring (bicyclic) bond motifs is 1. The van der Waals surface area contributed by atoms with E-state index in [0.717, 1.165) is 26.1 Å². The summed E-state index contributed by atoms with van der Waals surface area (Å²) in [4.78, 5) is 16.8. The molecule has 1 amide bonds. The van der Waals surface area contributed by atoms with Crippen molar-refractivity contribution in [2.45, 2.75) is 51.8 Å². The van der Waals surface area contributed by atoms with Crippen molar-refractivity contribution >= 4 is 11.8 Å². The van der Waals surface area contributed by atoms with Crippen LogP contribution in [0.1, 0.15) is 39.2 Å². The minimum absolute atomic E-state index is 0.246. The number of carbonyl (C=O) groups excluding carboxylic acids is 1. The highest BCUT2D eigenvalue weighted by molar-refractivity contribution is 5.68. The van der Waals surface area contributed by atoms with Gasteiger partial charge in [-0.15, -0.1) is 0 Å². The van der Waals surface area contributed by atoms with Gasteiger partial charge in [0.05, 0.1) is 0 Å². The maximum absolute atomic E-state index is 12.1. The van der Waals surface area contributed by atoms with E-state index in [2.05, 4.69) is 53.5 Å². The summed E-state index contributed by atoms with van der Waals surface area (Å²) in [6, 6.07) is 9.05. The number of amides is 1. The van der Waals surface area contributed by atoms with E-state index in [1.54, 1.807) is 0 Å². The highest BCUT2D eigenvalue weighted by Gasteiger charge is 2.43. The summed E-state index contributed by atoms with van der Waals surface area (Å²) in [5, 5.41) is 3.12. The van der Waals surface area contributed by atoms with Gasteiger partial charge in [0, 0.05) is 45.5 Å². The van der Waals surface area contributed by atoms with Gasteiger partial charge in [0.15, 0.2) is 0 Å². The molecule has 3 atom stereocenters. The predicted molar refractivity (Wildman–Crippen MR) is 105 cm³/mol. The third-order valence-electron chi connectivity index (χ3n) is 5.49. The molecular weight excluding hydrogens is 326 g/mol. The topological polar surface area (TPSA) is 44.8 Å². The van der Waals surface area contributed by atoms with Crippen LogP contribution in [-0.2, 0) is 11.3 Å². The first-order chi connectivity index (χ1) is 12.2. The molecule has 0 aromatic heterocycles. The Hall–Kier alpha value is -1.75. The van der Waals surface area contributed by atoms with E-state index in [-0.39, 0.29) is 12.1 Å². The summed E-state index contributed by atoms with van der Waals surface area (Å²) < 4.78 is 5.43. The van der Waals surface area contributed by atoms with Crippen LogP contribution in [0.2, 0.25) is 0 Å². The van der Waals surface area contributed by atoms with Crippen molar-refractivity contribution in [2.24, 2.45) is 11.8 Å². The largest absolute Gasteiger partial charge is 0.444 e. The fourth-order valence-corrected chi connectivity index (χ4v) is 4.28. The van der Waals surface area contributed by atoms with Crippen molar-refractivity contribution in [3.63, 3.8) is 0 Å². The summed E-state index contributed by atoms with van der Waals surface area (Å²) in [6.45, 7) is 8.89. The zero-order valence-electron chi connectivity index (χ0n) is 16.8. The number of anilines is 1. The number of benzene rings is 1. The third-order valence-corrected chi connectivity index (χ3v) is 5.49. The zero-order chi connectivity index (χ0) is 18.9. The molecule has 1 N–H and O–H groups in total. The molecule has 1 heterocycles. The van der Waals surface area contributed by atoms with E-state index in [4.69, 9.17) is 4.74 Å². The Kier molecular flexibility index (Phi) is 5.47. The van der Waals surface area contributed by atoms with Crippen molar-refractivity contribution in [3.8, 4) is 0 Å². The van der Waals surface area contributed by atoms with Gasteiger partial charge in [0.1, 0.15) is 5.60 Å². The molecule has 0 bridgehead atoms. The van der Waals surface area contributed by atoms with Crippen molar-refractivity contribution in [2.75, 3.05) is 32.1 Å². The predicted octanol–water partition coefficient (Wildman–Crippen LogP) is 3.49. The van der Waals surface area contributed by atoms with E-state index >= 15 is 0 Å². The van der Waals surface area contributed by atoms with Crippen LogP contribution in [0.3, 0.4) is 0 Å². The van der Waals surface area contributed by atoms with Gasteiger partial charge in [-0.3, -0.25) is 4.90 Å². The lowest BCUT2D eigenvalue weighted by Crippen LogP contribution is -2.42. The lowest BCUT2D eigenvalue weighted by molar-refractivity contribution is 0.0491. The molecule has 26 heavy (non-hydrogen) atoms. The SMILES string of the molecule is CN(C)c1ccc(CN2C[C@@H]3CC[C@@H](NC(=O)OC(C)(C)C)[C@@H]3C2)cc1. The van der Waals surface area contributed by atoms with Crippen LogP contribution in [0.15, 0.2) is 24.3 Å². The van der Waals surface area contributed by atoms with Gasteiger partial charge < -0.3 is 15.0 Å². The molecular formula is C21H33N3O2. The average Bonchev–Trinajstić information content (AvgIpc) is 3.07. The fourth-order valence-electron chi connectivity index (χ4n) is 4.28. The van der Waals surface area contributed by atoms with Crippen molar-refractivity contribution in [1.29, 1.82) is 0 Å². The number of hydrogen-bond donors (Lipinski definition) is 1. The number of carbonyl (C=O) groups is 1. The standard InChI is InChI=1S/C21H33N3O2/c1-21(2,3)26-20(25)22-19-11-8-16-13-24(14-18(16)19)12-15-6-9-17(10-7-15)23(4)5/h6-7,9-10,16,18-19H,8,11-14H2,1-5H3,(H,22,25)/t16-,18+,19+/m0/s1. The van der Waals surface area contributed by atoms with Crippen LogP contribution < -0.4 is 10.2 Å². The van der Waals surface area contributed by atoms with Crippen LogP contribution in [0.5, 0.6) is 0 Å². The molecule has 1 aromatic rings. The lowest BCUT2D eigenvalue weighted by atomic mass is 9.98. The third kappa shape index (κ3) is 4.70. The lowest BCUT2D eigenvalue weighted by Gasteiger charge is -2.25. The van der Waals surface area contributed by atoms with Crippen molar-refractivity contribution < 1.29 is 9.53 Å². The number of alkyl carbamates (subject to hydrolysis) is 1. The van der Waals surface area contributed by atoms with Gasteiger partial charge in [-0.05, 0) is 63.1 Å². The second-order valence-electron chi connectivity index (χ2n) is 9.01. The average molecular weight is 360 g/mol. The van der Waals surface area contributed by atoms with E-state index in [1.165, 1.54) is 17.7 Å². The summed E-state index contributed by atoms with van der Waals surface area (Å²) in [5.41, 5.74) is 2.14. The molecule has 0 spiro atoms. The first-order valence-electron chi connectivity index (χ1n) is 9.69. The molecule has 5 nitrogen and oxygen atoms in total. The normalized spacial score (nSPS) is 25.8. The van der Waals surface area contributed by atoms with E-state index in [0.29, 0.717) is 11.8 Å². The highest BCUT2D eigenvalue weighted by atomic mass is 16.6. The summed E-state index contributed by atoms with van der Waals surface area (Å²) in [7, 11) is 4.13. The minimum atomic E-state index is -0.442. The Morgan fingerprint density at radius 2 is 1.88 bits per heavy atom. The molecule has 0 radical (unpaired) electrons. The first kappa shape index (κ1) is 19.0. The number of ether oxygens (including phenoxy) is 1. The number of nitrogens with one attached hydrogen (secondary N) is 1. The molecule has 1 saturated heterocycles. The van der Waals surface area contributed by atoms with Crippen LogP contribution in [0.25, 0.3) is 0 Å². The second-order valence-corrected chi connectivity index (χ2v) is 9.01. The minimum Gasteiger partial charge on any atom is -0.444 e. The Morgan fingerprint density at radius 3 is 2.50 bits per heavy atom. The van der Waals surface area contributed by atoms with Gasteiger partial charge in [-0.2, -0.15) is 0 Å². The van der Waals surface area contributed by atoms with E-state index in [1.807, 2.05) is 20.8 Å². The molecule has 144 valence electrons. The molecule has 1 saturated carbocycles. The molecule has 1 aliphatic carbocycles. The summed E-state index contributed by atoms with van der Waals surface area (Å²) in [6.07, 6.45) is 1.99. The van der Waals surface area contributed by atoms with E-state index in [9.17, 15) is 4.79 Å². The van der Waals surface area contributed by atoms with Crippen LogP contribution in [-0.4, -0.2) is 49.8 Å². The molecule has 1 aliphatic heterocycles. The fraction of sp³-hybridized carbons (Fsp3) is 0.667. The molecule has 3 rings (SSSR count). The second kappa shape index (κ2) is 7.47. The zero-order valence-corrected chi connectivity index (χ0v) is 16.8. The van der Waals surface area contributed by atoms with Gasteiger partial charge in [-0.1, -0.05) is 12.1 Å². The molecule has 1 aromatic carbocycles. The van der Waals surface area contributed by atoms with E-state index < -0.39 is 5.60 Å². The monoisotopic (exact) mass is 359 g/mol. The molecule has 0 unspecified atom stereocenters. The van der Waals surface area contributed by atoms with Gasteiger partial charge in [-0.25, -0.2) is 4.79 Å². The quantitative estimate of drug-likeness (QED) is 0.894. The molecule has 2 aliphatic rings. The summed E-state index contributed by atoms with van der Waals surface area (Å²) in [5.74, 6) is 1.24. The Morgan fingerprint density at radius 1 is 1.19 bits per heavy atom.